The highest BCUT2D eigenvalue weighted by molar-refractivity contribution is 7.67. The number of allylic oxidation sites excluding steroid dienone is 1. The molecular weight excluding hydrogens is 351 g/mol. The minimum absolute atomic E-state index is 0.0236. The average Bonchev–Trinajstić information content (AvgIpc) is 2.66. The van der Waals surface area contributed by atoms with E-state index >= 15 is 0 Å². The van der Waals surface area contributed by atoms with Gasteiger partial charge in [0.1, 0.15) is 0 Å². The second-order valence-electron chi connectivity index (χ2n) is 8.01. The summed E-state index contributed by atoms with van der Waals surface area (Å²) in [7, 11) is -2.92. The molecule has 0 unspecified atom stereocenters. The first-order valence-corrected chi connectivity index (χ1v) is 11.7. The lowest BCUT2D eigenvalue weighted by atomic mass is 9.87. The van der Waals surface area contributed by atoms with Gasteiger partial charge in [-0.3, -0.25) is 4.57 Å². The summed E-state index contributed by atoms with van der Waals surface area (Å²) in [6, 6.07) is 18.2. The molecule has 0 heterocycles. The topological polar surface area (TPSA) is 26.3 Å². The molecule has 2 aromatic carbocycles. The Hall–Kier alpha value is -1.63. The van der Waals surface area contributed by atoms with E-state index in [1.54, 1.807) is 0 Å². The van der Waals surface area contributed by atoms with Crippen molar-refractivity contribution in [2.75, 3.05) is 6.16 Å². The monoisotopic (exact) mass is 384 g/mol. The van der Waals surface area contributed by atoms with Crippen molar-refractivity contribution in [3.8, 4) is 0 Å². The summed E-state index contributed by atoms with van der Waals surface area (Å²) in [6.45, 7) is 10.8. The van der Waals surface area contributed by atoms with Crippen LogP contribution in [-0.4, -0.2) is 12.3 Å². The molecule has 0 radical (unpaired) electrons. The second kappa shape index (κ2) is 9.53. The maximum Gasteiger partial charge on any atom is 0.236 e. The highest BCUT2D eigenvalue weighted by Gasteiger charge is 2.27. The molecule has 0 aliphatic carbocycles. The van der Waals surface area contributed by atoms with E-state index in [0.29, 0.717) is 6.16 Å². The third-order valence-electron chi connectivity index (χ3n) is 4.81. The van der Waals surface area contributed by atoms with Crippen LogP contribution in [-0.2, 0) is 14.5 Å². The molecule has 0 amide bonds. The van der Waals surface area contributed by atoms with Crippen molar-refractivity contribution >= 4 is 18.7 Å². The fraction of sp³-hybridized carbons (Fsp3) is 0.417. The average molecular weight is 385 g/mol. The molecule has 0 spiro atoms. The van der Waals surface area contributed by atoms with Crippen LogP contribution in [0, 0.1) is 0 Å². The predicted octanol–water partition coefficient (Wildman–Crippen LogP) is 6.81. The molecule has 146 valence electrons. The standard InChI is InChI=1S/C24H33O2P/c1-6-22(7-2)26-27(25,23-13-9-8-10-14-23)19-11-12-20-15-17-21(18-16-20)24(3,4)5/h8-18,22H,6-7,19H2,1-5H3/b12-11+/t27-/m1/s1. The minimum Gasteiger partial charge on any atom is -0.322 e. The van der Waals surface area contributed by atoms with E-state index in [1.165, 1.54) is 5.56 Å². The first-order valence-electron chi connectivity index (χ1n) is 9.88. The molecule has 27 heavy (non-hydrogen) atoms. The van der Waals surface area contributed by atoms with Crippen molar-refractivity contribution in [3.05, 3.63) is 71.8 Å². The van der Waals surface area contributed by atoms with E-state index in [2.05, 4.69) is 58.9 Å². The van der Waals surface area contributed by atoms with E-state index in [1.807, 2.05) is 42.5 Å². The highest BCUT2D eigenvalue weighted by Crippen LogP contribution is 2.48. The van der Waals surface area contributed by atoms with Gasteiger partial charge in [-0.25, -0.2) is 0 Å². The molecule has 0 saturated heterocycles. The summed E-state index contributed by atoms with van der Waals surface area (Å²) in [5, 5.41) is 0.796. The molecule has 0 aliphatic rings. The first kappa shape index (κ1) is 21.7. The van der Waals surface area contributed by atoms with Gasteiger partial charge in [0.15, 0.2) is 0 Å². The van der Waals surface area contributed by atoms with Crippen LogP contribution in [0.25, 0.3) is 6.08 Å². The van der Waals surface area contributed by atoms with Gasteiger partial charge in [-0.05, 0) is 41.5 Å². The molecule has 0 aliphatic heterocycles. The summed E-state index contributed by atoms with van der Waals surface area (Å²) >= 11 is 0. The van der Waals surface area contributed by atoms with Crippen molar-refractivity contribution < 1.29 is 9.09 Å². The number of hydrogen-bond donors (Lipinski definition) is 0. The zero-order valence-electron chi connectivity index (χ0n) is 17.3. The van der Waals surface area contributed by atoms with Crippen molar-refractivity contribution in [1.29, 1.82) is 0 Å². The van der Waals surface area contributed by atoms with Crippen molar-refractivity contribution in [1.82, 2.24) is 0 Å². The molecular formula is C24H33O2P. The fourth-order valence-corrected chi connectivity index (χ4v) is 5.17. The molecule has 2 nitrogen and oxygen atoms in total. The Morgan fingerprint density at radius 3 is 2.07 bits per heavy atom. The Balaban J connectivity index is 2.18. The van der Waals surface area contributed by atoms with Gasteiger partial charge < -0.3 is 4.52 Å². The number of hydrogen-bond acceptors (Lipinski definition) is 2. The van der Waals surface area contributed by atoms with E-state index in [-0.39, 0.29) is 11.5 Å². The third-order valence-corrected chi connectivity index (χ3v) is 7.23. The summed E-state index contributed by atoms with van der Waals surface area (Å²) in [5.74, 6) is 0. The zero-order chi connectivity index (χ0) is 19.9. The van der Waals surface area contributed by atoms with Crippen LogP contribution >= 0.6 is 7.37 Å². The highest BCUT2D eigenvalue weighted by atomic mass is 31.2. The van der Waals surface area contributed by atoms with E-state index in [4.69, 9.17) is 4.52 Å². The van der Waals surface area contributed by atoms with Crippen LogP contribution in [0.2, 0.25) is 0 Å². The van der Waals surface area contributed by atoms with Crippen LogP contribution < -0.4 is 5.30 Å². The summed E-state index contributed by atoms with van der Waals surface area (Å²) in [5.41, 5.74) is 2.57. The lowest BCUT2D eigenvalue weighted by Crippen LogP contribution is -2.16. The lowest BCUT2D eigenvalue weighted by Gasteiger charge is -2.23. The molecule has 2 rings (SSSR count). The number of benzene rings is 2. The van der Waals surface area contributed by atoms with Gasteiger partial charge in [-0.15, -0.1) is 0 Å². The van der Waals surface area contributed by atoms with Crippen molar-refractivity contribution in [3.63, 3.8) is 0 Å². The second-order valence-corrected chi connectivity index (χ2v) is 10.4. The van der Waals surface area contributed by atoms with Crippen LogP contribution in [0.4, 0.5) is 0 Å². The molecule has 0 N–H and O–H groups in total. The van der Waals surface area contributed by atoms with E-state index < -0.39 is 7.37 Å². The molecule has 0 bridgehead atoms. The maximum atomic E-state index is 13.6. The van der Waals surface area contributed by atoms with E-state index in [9.17, 15) is 4.57 Å². The van der Waals surface area contributed by atoms with Gasteiger partial charge in [0.05, 0.1) is 6.10 Å². The SMILES string of the molecule is CCC(CC)O[P@](=O)(C/C=C/c1ccc(C(C)(C)C)cc1)c1ccccc1. The minimum atomic E-state index is -2.92. The van der Waals surface area contributed by atoms with Crippen molar-refractivity contribution in [2.45, 2.75) is 59.0 Å². The van der Waals surface area contributed by atoms with Gasteiger partial charge in [-0.2, -0.15) is 0 Å². The predicted molar refractivity (Wildman–Crippen MR) is 118 cm³/mol. The molecule has 3 heteroatoms. The van der Waals surface area contributed by atoms with Gasteiger partial charge in [0.2, 0.25) is 7.37 Å². The number of rotatable bonds is 8. The Bertz CT molecular complexity index is 766. The van der Waals surface area contributed by atoms with Gasteiger partial charge >= 0.3 is 0 Å². The van der Waals surface area contributed by atoms with Crippen LogP contribution in [0.3, 0.4) is 0 Å². The normalized spacial score (nSPS) is 14.6. The molecule has 2 aromatic rings. The van der Waals surface area contributed by atoms with Crippen LogP contribution in [0.5, 0.6) is 0 Å². The Morgan fingerprint density at radius 2 is 1.56 bits per heavy atom. The summed E-state index contributed by atoms with van der Waals surface area (Å²) < 4.78 is 19.8. The van der Waals surface area contributed by atoms with Gasteiger partial charge in [-0.1, -0.05) is 89.2 Å². The Kier molecular flexibility index (Phi) is 7.65. The molecule has 1 atom stereocenters. The summed E-state index contributed by atoms with van der Waals surface area (Å²) in [4.78, 5) is 0. The first-order chi connectivity index (χ1) is 12.8. The zero-order valence-corrected chi connectivity index (χ0v) is 18.2. The smallest absolute Gasteiger partial charge is 0.236 e. The summed E-state index contributed by atoms with van der Waals surface area (Å²) in [6.07, 6.45) is 6.20. The molecule has 0 aromatic heterocycles. The lowest BCUT2D eigenvalue weighted by molar-refractivity contribution is 0.200. The van der Waals surface area contributed by atoms with Crippen LogP contribution in [0.15, 0.2) is 60.7 Å². The Morgan fingerprint density at radius 1 is 0.963 bits per heavy atom. The molecule has 0 fully saturated rings. The van der Waals surface area contributed by atoms with Crippen LogP contribution in [0.1, 0.15) is 58.6 Å². The van der Waals surface area contributed by atoms with Gasteiger partial charge in [0.25, 0.3) is 0 Å². The maximum absolute atomic E-state index is 13.6. The van der Waals surface area contributed by atoms with E-state index in [0.717, 1.165) is 23.7 Å². The van der Waals surface area contributed by atoms with Gasteiger partial charge in [0, 0.05) is 11.5 Å². The Labute approximate surface area is 165 Å². The molecule has 0 saturated carbocycles. The van der Waals surface area contributed by atoms with Crippen molar-refractivity contribution in [2.24, 2.45) is 0 Å². The largest absolute Gasteiger partial charge is 0.322 e. The quantitative estimate of drug-likeness (QED) is 0.468. The third kappa shape index (κ3) is 6.19. The fourth-order valence-electron chi connectivity index (χ4n) is 2.96.